The number of benzene rings is 3. The van der Waals surface area contributed by atoms with E-state index in [1.165, 1.54) is 18.2 Å². The van der Waals surface area contributed by atoms with Crippen LogP contribution in [0, 0.1) is 0 Å². The van der Waals surface area contributed by atoms with Crippen LogP contribution in [0.2, 0.25) is 15.1 Å². The van der Waals surface area contributed by atoms with Crippen molar-refractivity contribution >= 4 is 62.1 Å². The monoisotopic (exact) mass is 553 g/mol. The Hall–Kier alpha value is -2.65. The van der Waals surface area contributed by atoms with Crippen LogP contribution in [-0.4, -0.2) is 52.0 Å². The second-order valence-corrected chi connectivity index (χ2v) is 10.8. The summed E-state index contributed by atoms with van der Waals surface area (Å²) in [7, 11) is -3.87. The first-order valence-electron chi connectivity index (χ1n) is 10.7. The number of nitrogens with one attached hydrogen (secondary N) is 1. The molecule has 0 aliphatic carbocycles. The summed E-state index contributed by atoms with van der Waals surface area (Å²) in [5, 5.41) is 1.25. The number of carbonyl (C=O) groups excluding carboxylic acids is 1. The minimum atomic E-state index is -3.87. The average molecular weight is 555 g/mol. The van der Waals surface area contributed by atoms with E-state index >= 15 is 0 Å². The topological polar surface area (TPSA) is 78.9 Å². The van der Waals surface area contributed by atoms with Gasteiger partial charge in [0.2, 0.25) is 0 Å². The Morgan fingerprint density at radius 1 is 0.886 bits per heavy atom. The van der Waals surface area contributed by atoms with E-state index in [-0.39, 0.29) is 28.2 Å². The maximum absolute atomic E-state index is 12.7. The highest BCUT2D eigenvalue weighted by Crippen LogP contribution is 2.29. The van der Waals surface area contributed by atoms with E-state index < -0.39 is 10.0 Å². The Balaban J connectivity index is 1.32. The van der Waals surface area contributed by atoms with Crippen molar-refractivity contribution in [2.24, 2.45) is 0 Å². The van der Waals surface area contributed by atoms with E-state index in [0.717, 1.165) is 5.69 Å². The molecule has 4 rings (SSSR count). The number of hydrogen-bond donors (Lipinski definition) is 1. The van der Waals surface area contributed by atoms with E-state index in [4.69, 9.17) is 39.5 Å². The van der Waals surface area contributed by atoms with Gasteiger partial charge >= 0.3 is 0 Å². The molecule has 1 saturated heterocycles. The number of amides is 1. The molecular formula is C24H22Cl3N3O4S. The zero-order valence-electron chi connectivity index (χ0n) is 18.5. The smallest absolute Gasteiger partial charge is 0.261 e. The van der Waals surface area contributed by atoms with Crippen LogP contribution in [0.25, 0.3) is 0 Å². The lowest BCUT2D eigenvalue weighted by Gasteiger charge is -2.36. The van der Waals surface area contributed by atoms with Crippen molar-refractivity contribution in [3.05, 3.63) is 81.8 Å². The van der Waals surface area contributed by atoms with Crippen LogP contribution >= 0.6 is 34.8 Å². The molecule has 0 spiro atoms. The normalized spacial score (nSPS) is 14.0. The van der Waals surface area contributed by atoms with Gasteiger partial charge in [0.25, 0.3) is 15.9 Å². The fourth-order valence-electron chi connectivity index (χ4n) is 3.62. The molecule has 11 heteroatoms. The van der Waals surface area contributed by atoms with Gasteiger partial charge in [-0.3, -0.25) is 9.52 Å². The van der Waals surface area contributed by atoms with Gasteiger partial charge in [0.05, 0.1) is 9.92 Å². The minimum absolute atomic E-state index is 0.0340. The summed E-state index contributed by atoms with van der Waals surface area (Å²) in [4.78, 5) is 16.5. The molecule has 1 aliphatic rings. The summed E-state index contributed by atoms with van der Waals surface area (Å²) < 4.78 is 33.4. The van der Waals surface area contributed by atoms with Gasteiger partial charge in [0.15, 0.2) is 6.61 Å². The predicted molar refractivity (Wildman–Crippen MR) is 139 cm³/mol. The zero-order valence-corrected chi connectivity index (χ0v) is 21.5. The molecule has 0 aromatic heterocycles. The molecular weight excluding hydrogens is 533 g/mol. The lowest BCUT2D eigenvalue weighted by atomic mass is 10.2. The summed E-state index contributed by atoms with van der Waals surface area (Å²) in [6.07, 6.45) is 0. The third-order valence-corrected chi connectivity index (χ3v) is 7.63. The van der Waals surface area contributed by atoms with Crippen molar-refractivity contribution in [2.45, 2.75) is 4.90 Å². The molecule has 0 bridgehead atoms. The molecule has 1 heterocycles. The zero-order chi connectivity index (χ0) is 25.0. The Bertz CT molecular complexity index is 1310. The number of anilines is 2. The van der Waals surface area contributed by atoms with Crippen molar-refractivity contribution in [2.75, 3.05) is 42.4 Å². The molecule has 1 fully saturated rings. The molecule has 184 valence electrons. The molecule has 1 N–H and O–H groups in total. The average Bonchev–Trinajstić information content (AvgIpc) is 2.84. The Morgan fingerprint density at radius 2 is 1.60 bits per heavy atom. The molecule has 1 aliphatic heterocycles. The van der Waals surface area contributed by atoms with Gasteiger partial charge in [-0.05, 0) is 60.7 Å². The maximum Gasteiger partial charge on any atom is 0.261 e. The molecule has 3 aromatic rings. The molecule has 1 amide bonds. The van der Waals surface area contributed by atoms with Gasteiger partial charge in [-0.25, -0.2) is 8.42 Å². The Kier molecular flexibility index (Phi) is 7.96. The van der Waals surface area contributed by atoms with Crippen LogP contribution in [0.15, 0.2) is 71.6 Å². The molecule has 0 saturated carbocycles. The van der Waals surface area contributed by atoms with Gasteiger partial charge in [-0.2, -0.15) is 0 Å². The standard InChI is InChI=1S/C24H22Cl3N3O4S/c25-17-4-6-19(7-5-17)28-35(32,33)21-8-9-23(22(27)15-21)34-16-24(31)30-12-10-29(11-13-30)20-3-1-2-18(26)14-20/h1-9,14-15,28H,10-13,16H2. The molecule has 0 unspecified atom stereocenters. The van der Waals surface area contributed by atoms with Crippen LogP contribution in [0.3, 0.4) is 0 Å². The van der Waals surface area contributed by atoms with E-state index in [1.807, 2.05) is 24.3 Å². The van der Waals surface area contributed by atoms with Crippen LogP contribution in [0.1, 0.15) is 0 Å². The molecule has 0 radical (unpaired) electrons. The minimum Gasteiger partial charge on any atom is -0.482 e. The van der Waals surface area contributed by atoms with Gasteiger partial charge in [-0.1, -0.05) is 40.9 Å². The van der Waals surface area contributed by atoms with Crippen LogP contribution in [-0.2, 0) is 14.8 Å². The Morgan fingerprint density at radius 3 is 2.26 bits per heavy atom. The number of piperazine rings is 1. The van der Waals surface area contributed by atoms with E-state index in [9.17, 15) is 13.2 Å². The highest BCUT2D eigenvalue weighted by molar-refractivity contribution is 7.92. The quantitative estimate of drug-likeness (QED) is 0.436. The maximum atomic E-state index is 12.7. The highest BCUT2D eigenvalue weighted by Gasteiger charge is 2.22. The fraction of sp³-hybridized carbons (Fsp3) is 0.208. The number of carbonyl (C=O) groups is 1. The van der Waals surface area contributed by atoms with Crippen LogP contribution in [0.4, 0.5) is 11.4 Å². The fourth-order valence-corrected chi connectivity index (χ4v) is 5.31. The summed E-state index contributed by atoms with van der Waals surface area (Å²) >= 11 is 18.2. The lowest BCUT2D eigenvalue weighted by Crippen LogP contribution is -2.50. The largest absolute Gasteiger partial charge is 0.482 e. The molecule has 35 heavy (non-hydrogen) atoms. The van der Waals surface area contributed by atoms with Gasteiger partial charge in [0.1, 0.15) is 5.75 Å². The van der Waals surface area contributed by atoms with Crippen molar-refractivity contribution < 1.29 is 17.9 Å². The number of nitrogens with zero attached hydrogens (tertiary/aromatic N) is 2. The Labute approximate surface area is 219 Å². The number of sulfonamides is 1. The summed E-state index contributed by atoms with van der Waals surface area (Å²) in [6.45, 7) is 2.26. The van der Waals surface area contributed by atoms with Gasteiger partial charge in [0, 0.05) is 47.6 Å². The van der Waals surface area contributed by atoms with Crippen molar-refractivity contribution in [1.82, 2.24) is 4.90 Å². The van der Waals surface area contributed by atoms with E-state index in [2.05, 4.69) is 9.62 Å². The van der Waals surface area contributed by atoms with E-state index in [1.54, 1.807) is 29.2 Å². The molecule has 0 atom stereocenters. The summed E-state index contributed by atoms with van der Waals surface area (Å²) in [5.74, 6) is 0.0518. The number of halogens is 3. The third kappa shape index (κ3) is 6.52. The van der Waals surface area contributed by atoms with Gasteiger partial charge < -0.3 is 14.5 Å². The van der Waals surface area contributed by atoms with Crippen LogP contribution in [0.5, 0.6) is 5.75 Å². The number of hydrogen-bond acceptors (Lipinski definition) is 5. The van der Waals surface area contributed by atoms with Crippen molar-refractivity contribution in [3.63, 3.8) is 0 Å². The summed E-state index contributed by atoms with van der Waals surface area (Å²) in [6, 6.07) is 18.0. The summed E-state index contributed by atoms with van der Waals surface area (Å²) in [5.41, 5.74) is 1.39. The SMILES string of the molecule is O=C(COc1ccc(S(=O)(=O)Nc2ccc(Cl)cc2)cc1Cl)N1CCN(c2cccc(Cl)c2)CC1. The van der Waals surface area contributed by atoms with E-state index in [0.29, 0.717) is 41.9 Å². The molecule has 3 aromatic carbocycles. The second kappa shape index (κ2) is 11.0. The predicted octanol–water partition coefficient (Wildman–Crippen LogP) is 5.18. The first-order valence-corrected chi connectivity index (χ1v) is 13.3. The highest BCUT2D eigenvalue weighted by atomic mass is 35.5. The first-order chi connectivity index (χ1) is 16.7. The number of rotatable bonds is 7. The lowest BCUT2D eigenvalue weighted by molar-refractivity contribution is -0.133. The van der Waals surface area contributed by atoms with Gasteiger partial charge in [-0.15, -0.1) is 0 Å². The van der Waals surface area contributed by atoms with Crippen molar-refractivity contribution in [3.8, 4) is 5.75 Å². The van der Waals surface area contributed by atoms with Crippen LogP contribution < -0.4 is 14.4 Å². The number of ether oxygens (including phenoxy) is 1. The van der Waals surface area contributed by atoms with Crippen molar-refractivity contribution in [1.29, 1.82) is 0 Å². The molecule has 7 nitrogen and oxygen atoms in total. The second-order valence-electron chi connectivity index (χ2n) is 7.84. The first kappa shape index (κ1) is 25.4. The third-order valence-electron chi connectivity index (χ3n) is 5.47.